The van der Waals surface area contributed by atoms with Crippen LogP contribution in [0.5, 0.6) is 17.2 Å². The minimum absolute atomic E-state index is 0. The lowest BCUT2D eigenvalue weighted by atomic mass is 10.1. The van der Waals surface area contributed by atoms with E-state index >= 15 is 0 Å². The van der Waals surface area contributed by atoms with Crippen LogP contribution in [0.3, 0.4) is 0 Å². The van der Waals surface area contributed by atoms with Crippen molar-refractivity contribution < 1.29 is 19.0 Å². The van der Waals surface area contributed by atoms with Crippen LogP contribution in [0.2, 0.25) is 0 Å². The van der Waals surface area contributed by atoms with Gasteiger partial charge in [-0.1, -0.05) is 0 Å². The number of rotatable bonds is 6. The number of carbonyl (C=O) groups is 1. The van der Waals surface area contributed by atoms with Crippen molar-refractivity contribution >= 4 is 18.3 Å². The number of benzene rings is 1. The molecule has 0 aliphatic carbocycles. The first-order valence-corrected chi connectivity index (χ1v) is 6.98. The third-order valence-corrected chi connectivity index (χ3v) is 3.66. The summed E-state index contributed by atoms with van der Waals surface area (Å²) in [6.45, 7) is 2.62. The predicted molar refractivity (Wildman–Crippen MR) is 86.7 cm³/mol. The summed E-state index contributed by atoms with van der Waals surface area (Å²) in [5.41, 5.74) is 0.445. The second-order valence-electron chi connectivity index (χ2n) is 4.98. The zero-order valence-electron chi connectivity index (χ0n) is 13.1. The Morgan fingerprint density at radius 1 is 1.18 bits per heavy atom. The van der Waals surface area contributed by atoms with E-state index in [1.54, 1.807) is 19.2 Å². The highest BCUT2D eigenvalue weighted by atomic mass is 35.5. The molecule has 0 aromatic heterocycles. The molecule has 1 saturated heterocycles. The molecular formula is C15H23ClN2O4. The van der Waals surface area contributed by atoms with E-state index in [9.17, 15) is 4.79 Å². The summed E-state index contributed by atoms with van der Waals surface area (Å²) in [6.07, 6.45) is 1.09. The molecule has 1 amide bonds. The molecule has 2 rings (SSSR count). The quantitative estimate of drug-likeness (QED) is 0.826. The highest BCUT2D eigenvalue weighted by molar-refractivity contribution is 5.97. The first kappa shape index (κ1) is 18.4. The van der Waals surface area contributed by atoms with Crippen molar-refractivity contribution in [3.05, 3.63) is 17.7 Å². The fourth-order valence-corrected chi connectivity index (χ4v) is 2.43. The van der Waals surface area contributed by atoms with Crippen LogP contribution in [0.1, 0.15) is 16.8 Å². The number of hydrogen-bond donors (Lipinski definition) is 2. The molecule has 0 bridgehead atoms. The Morgan fingerprint density at radius 2 is 1.82 bits per heavy atom. The zero-order valence-corrected chi connectivity index (χ0v) is 13.9. The fourth-order valence-electron chi connectivity index (χ4n) is 2.43. The molecule has 2 N–H and O–H groups in total. The van der Waals surface area contributed by atoms with Gasteiger partial charge >= 0.3 is 0 Å². The van der Waals surface area contributed by atoms with Crippen molar-refractivity contribution in [1.82, 2.24) is 10.6 Å². The van der Waals surface area contributed by atoms with E-state index in [-0.39, 0.29) is 18.3 Å². The van der Waals surface area contributed by atoms with E-state index in [4.69, 9.17) is 14.2 Å². The molecule has 1 fully saturated rings. The maximum absolute atomic E-state index is 12.3. The number of nitrogens with one attached hydrogen (secondary N) is 2. The first-order valence-electron chi connectivity index (χ1n) is 6.98. The second-order valence-corrected chi connectivity index (χ2v) is 4.98. The van der Waals surface area contributed by atoms with Crippen molar-refractivity contribution in [2.75, 3.05) is 41.0 Å². The van der Waals surface area contributed by atoms with Gasteiger partial charge in [0, 0.05) is 18.7 Å². The van der Waals surface area contributed by atoms with Crippen molar-refractivity contribution in [1.29, 1.82) is 0 Å². The molecule has 124 valence electrons. The molecule has 1 unspecified atom stereocenters. The summed E-state index contributed by atoms with van der Waals surface area (Å²) < 4.78 is 15.7. The van der Waals surface area contributed by atoms with Crippen LogP contribution in [-0.4, -0.2) is 46.9 Å². The van der Waals surface area contributed by atoms with Crippen LogP contribution < -0.4 is 24.8 Å². The van der Waals surface area contributed by atoms with Gasteiger partial charge in [0.25, 0.3) is 5.91 Å². The van der Waals surface area contributed by atoms with Crippen LogP contribution >= 0.6 is 12.4 Å². The topological polar surface area (TPSA) is 68.8 Å². The molecule has 1 aromatic rings. The smallest absolute Gasteiger partial charge is 0.255 e. The number of ether oxygens (including phenoxy) is 3. The predicted octanol–water partition coefficient (Wildman–Crippen LogP) is 1.47. The highest BCUT2D eigenvalue weighted by Crippen LogP contribution is 2.34. The number of methoxy groups -OCH3 is 3. The lowest BCUT2D eigenvalue weighted by Gasteiger charge is -2.15. The lowest BCUT2D eigenvalue weighted by molar-refractivity contribution is 0.0944. The van der Waals surface area contributed by atoms with Gasteiger partial charge in [-0.3, -0.25) is 4.79 Å². The van der Waals surface area contributed by atoms with Gasteiger partial charge in [0.15, 0.2) is 11.5 Å². The van der Waals surface area contributed by atoms with Crippen LogP contribution in [0.4, 0.5) is 0 Å². The molecule has 0 saturated carbocycles. The maximum Gasteiger partial charge on any atom is 0.255 e. The van der Waals surface area contributed by atoms with Crippen LogP contribution in [0.25, 0.3) is 0 Å². The molecule has 7 heteroatoms. The van der Waals surface area contributed by atoms with E-state index in [0.29, 0.717) is 35.3 Å². The lowest BCUT2D eigenvalue weighted by Crippen LogP contribution is -2.30. The molecule has 22 heavy (non-hydrogen) atoms. The summed E-state index contributed by atoms with van der Waals surface area (Å²) in [4.78, 5) is 12.3. The van der Waals surface area contributed by atoms with E-state index in [1.165, 1.54) is 14.2 Å². The van der Waals surface area contributed by atoms with Crippen molar-refractivity contribution in [3.8, 4) is 17.2 Å². The van der Waals surface area contributed by atoms with Gasteiger partial charge in [-0.15, -0.1) is 12.4 Å². The van der Waals surface area contributed by atoms with Gasteiger partial charge in [0.2, 0.25) is 0 Å². The molecule has 1 aliphatic rings. The Hall–Kier alpha value is -1.66. The molecular weight excluding hydrogens is 308 g/mol. The average molecular weight is 331 g/mol. The van der Waals surface area contributed by atoms with Crippen LogP contribution in [0, 0.1) is 5.92 Å². The third kappa shape index (κ3) is 4.18. The van der Waals surface area contributed by atoms with E-state index < -0.39 is 0 Å². The van der Waals surface area contributed by atoms with Gasteiger partial charge in [-0.2, -0.15) is 0 Å². The Labute approximate surface area is 136 Å². The standard InChI is InChI=1S/C15H22N2O4.ClH/c1-19-12-7-14(21-3)13(20-2)6-11(12)15(18)17-9-10-4-5-16-8-10;/h6-7,10,16H,4-5,8-9H2,1-3H3,(H,17,18);1H. The fraction of sp³-hybridized carbons (Fsp3) is 0.533. The zero-order chi connectivity index (χ0) is 15.2. The minimum atomic E-state index is -0.167. The first-order chi connectivity index (χ1) is 10.2. The van der Waals surface area contributed by atoms with E-state index in [1.807, 2.05) is 0 Å². The number of hydrogen-bond acceptors (Lipinski definition) is 5. The normalized spacial score (nSPS) is 16.6. The largest absolute Gasteiger partial charge is 0.496 e. The van der Waals surface area contributed by atoms with Crippen molar-refractivity contribution in [3.63, 3.8) is 0 Å². The molecule has 1 atom stereocenters. The molecule has 1 heterocycles. The van der Waals surface area contributed by atoms with Crippen LogP contribution in [0.15, 0.2) is 12.1 Å². The molecule has 0 spiro atoms. The third-order valence-electron chi connectivity index (χ3n) is 3.66. The molecule has 1 aromatic carbocycles. The summed E-state index contributed by atoms with van der Waals surface area (Å²) in [5.74, 6) is 1.83. The summed E-state index contributed by atoms with van der Waals surface area (Å²) >= 11 is 0. The van der Waals surface area contributed by atoms with Gasteiger partial charge in [-0.25, -0.2) is 0 Å². The van der Waals surface area contributed by atoms with Crippen LogP contribution in [-0.2, 0) is 0 Å². The van der Waals surface area contributed by atoms with Gasteiger partial charge in [0.05, 0.1) is 26.9 Å². The Balaban J connectivity index is 0.00000242. The van der Waals surface area contributed by atoms with E-state index in [2.05, 4.69) is 10.6 Å². The Morgan fingerprint density at radius 3 is 2.36 bits per heavy atom. The maximum atomic E-state index is 12.3. The number of carbonyl (C=O) groups excluding carboxylic acids is 1. The average Bonchev–Trinajstić information content (AvgIpc) is 3.04. The molecule has 6 nitrogen and oxygen atoms in total. The van der Waals surface area contributed by atoms with Gasteiger partial charge in [0.1, 0.15) is 5.75 Å². The summed E-state index contributed by atoms with van der Waals surface area (Å²) in [5, 5.41) is 6.23. The Bertz CT molecular complexity index is 505. The monoisotopic (exact) mass is 330 g/mol. The summed E-state index contributed by atoms with van der Waals surface area (Å²) in [6, 6.07) is 3.30. The van der Waals surface area contributed by atoms with Crippen molar-refractivity contribution in [2.45, 2.75) is 6.42 Å². The summed E-state index contributed by atoms with van der Waals surface area (Å²) in [7, 11) is 4.61. The van der Waals surface area contributed by atoms with Crippen molar-refractivity contribution in [2.24, 2.45) is 5.92 Å². The Kier molecular flexibility index (Phi) is 7.27. The highest BCUT2D eigenvalue weighted by Gasteiger charge is 2.20. The number of amides is 1. The van der Waals surface area contributed by atoms with Gasteiger partial charge < -0.3 is 24.8 Å². The minimum Gasteiger partial charge on any atom is -0.496 e. The molecule has 0 radical (unpaired) electrons. The van der Waals surface area contributed by atoms with E-state index in [0.717, 1.165) is 19.5 Å². The second kappa shape index (κ2) is 8.70. The number of halogens is 1. The SMILES string of the molecule is COc1cc(OC)c(C(=O)NCC2CCNC2)cc1OC.Cl. The van der Waals surface area contributed by atoms with Gasteiger partial charge in [-0.05, 0) is 25.4 Å². The molecule has 1 aliphatic heterocycles.